The average Bonchev–Trinajstić information content (AvgIpc) is 2.85. The fourth-order valence-corrected chi connectivity index (χ4v) is 6.39. The predicted octanol–water partition coefficient (Wildman–Crippen LogP) is 5.10. The first kappa shape index (κ1) is 28.3. The molecule has 2 aromatic carbocycles. The summed E-state index contributed by atoms with van der Waals surface area (Å²) in [6.07, 6.45) is 3.76. The van der Waals surface area contributed by atoms with Crippen LogP contribution >= 0.6 is 34.8 Å². The van der Waals surface area contributed by atoms with E-state index in [1.807, 2.05) is 4.90 Å². The Kier molecular flexibility index (Phi) is 8.35. The minimum atomic E-state index is -5.23. The second-order valence-electron chi connectivity index (χ2n) is 8.16. The Labute approximate surface area is 234 Å². The van der Waals surface area contributed by atoms with Gasteiger partial charge in [-0.25, -0.2) is 18.2 Å². The molecule has 2 N–H and O–H groups in total. The van der Waals surface area contributed by atoms with Gasteiger partial charge in [-0.2, -0.15) is 17.7 Å². The van der Waals surface area contributed by atoms with Crippen LogP contribution in [0.25, 0.3) is 0 Å². The fraction of sp³-hybridized carbons (Fsp3) is 0.227. The molecule has 2 amide bonds. The number of urea groups is 1. The summed E-state index contributed by atoms with van der Waals surface area (Å²) in [6, 6.07) is 7.34. The number of carbonyl (C=O) groups is 1. The van der Waals surface area contributed by atoms with Crippen molar-refractivity contribution < 1.29 is 26.2 Å². The molecule has 1 fully saturated rings. The van der Waals surface area contributed by atoms with E-state index >= 15 is 0 Å². The number of amides is 2. The molecular formula is C22H20Cl3N5O6S2. The van der Waals surface area contributed by atoms with Crippen molar-refractivity contribution >= 4 is 78.4 Å². The van der Waals surface area contributed by atoms with E-state index in [1.165, 1.54) is 36.4 Å². The van der Waals surface area contributed by atoms with Gasteiger partial charge < -0.3 is 4.90 Å². The molecule has 3 aromatic rings. The van der Waals surface area contributed by atoms with Crippen LogP contribution in [0, 0.1) is 0 Å². The standard InChI is InChI=1S/C22H20Cl3N5O6S2/c23-14-4-7-16(8-5-14)37(32,33)19-13-26-21(29-10-2-1-3-11-29)27-20(19)28-22(31)30(38(34,35)36)18-9-6-15(24)12-17(18)25/h4-9,12-13H,1-3,10-11H2,(H,34,35,36)(H,26,27,28,31). The third kappa shape index (κ3) is 6.14. The fourth-order valence-electron chi connectivity index (χ4n) is 3.77. The normalized spacial score (nSPS) is 14.3. The molecule has 16 heteroatoms. The molecular weight excluding hydrogens is 601 g/mol. The first-order chi connectivity index (χ1) is 17.9. The number of anilines is 3. The molecule has 1 aliphatic rings. The third-order valence-electron chi connectivity index (χ3n) is 5.56. The summed E-state index contributed by atoms with van der Waals surface area (Å²) in [7, 11) is -9.54. The van der Waals surface area contributed by atoms with E-state index in [1.54, 1.807) is 0 Å². The molecule has 11 nitrogen and oxygen atoms in total. The number of rotatable bonds is 6. The molecule has 0 spiro atoms. The van der Waals surface area contributed by atoms with Crippen LogP contribution in [0.4, 0.5) is 22.2 Å². The summed E-state index contributed by atoms with van der Waals surface area (Å²) in [6.45, 7) is 1.21. The number of hydrogen-bond donors (Lipinski definition) is 2. The maximum atomic E-state index is 13.5. The number of nitrogens with zero attached hydrogens (tertiary/aromatic N) is 4. The minimum Gasteiger partial charge on any atom is -0.341 e. The van der Waals surface area contributed by atoms with Crippen LogP contribution < -0.4 is 14.5 Å². The lowest BCUT2D eigenvalue weighted by molar-refractivity contribution is 0.259. The average molecular weight is 621 g/mol. The zero-order valence-corrected chi connectivity index (χ0v) is 23.3. The van der Waals surface area contributed by atoms with Gasteiger partial charge in [-0.15, -0.1) is 0 Å². The zero-order valence-electron chi connectivity index (χ0n) is 19.4. The molecule has 2 heterocycles. The van der Waals surface area contributed by atoms with Crippen molar-refractivity contribution in [3.8, 4) is 0 Å². The largest absolute Gasteiger partial charge is 0.368 e. The Bertz CT molecular complexity index is 1580. The summed E-state index contributed by atoms with van der Waals surface area (Å²) in [5.41, 5.74) is -0.427. The van der Waals surface area contributed by atoms with Crippen LogP contribution in [0.5, 0.6) is 0 Å². The first-order valence-electron chi connectivity index (χ1n) is 11.0. The van der Waals surface area contributed by atoms with E-state index in [0.717, 1.165) is 31.5 Å². The number of halogens is 3. The summed E-state index contributed by atoms with van der Waals surface area (Å²) in [4.78, 5) is 22.8. The van der Waals surface area contributed by atoms with Crippen molar-refractivity contribution in [3.05, 3.63) is 63.7 Å². The molecule has 202 valence electrons. The van der Waals surface area contributed by atoms with Gasteiger partial charge in [0.1, 0.15) is 4.90 Å². The number of hydrogen-bond acceptors (Lipinski definition) is 8. The van der Waals surface area contributed by atoms with E-state index in [0.29, 0.717) is 18.1 Å². The lowest BCUT2D eigenvalue weighted by Gasteiger charge is -2.27. The number of sulfone groups is 1. The molecule has 0 atom stereocenters. The molecule has 38 heavy (non-hydrogen) atoms. The zero-order chi connectivity index (χ0) is 27.7. The Hall–Kier alpha value is -2.68. The summed E-state index contributed by atoms with van der Waals surface area (Å²) in [5, 5.41) is 2.38. The Morgan fingerprint density at radius 3 is 2.18 bits per heavy atom. The van der Waals surface area contributed by atoms with Crippen LogP contribution in [-0.2, 0) is 20.1 Å². The first-order valence-corrected chi connectivity index (χ1v) is 15.1. The number of carbonyl (C=O) groups excluding carboxylic acids is 1. The molecule has 1 saturated heterocycles. The van der Waals surface area contributed by atoms with Gasteiger partial charge in [-0.1, -0.05) is 34.8 Å². The van der Waals surface area contributed by atoms with Crippen LogP contribution in [0.3, 0.4) is 0 Å². The van der Waals surface area contributed by atoms with Crippen LogP contribution in [0.15, 0.2) is 58.5 Å². The van der Waals surface area contributed by atoms with E-state index < -0.39 is 42.6 Å². The van der Waals surface area contributed by atoms with Gasteiger partial charge >= 0.3 is 16.3 Å². The summed E-state index contributed by atoms with van der Waals surface area (Å²) >= 11 is 17.8. The van der Waals surface area contributed by atoms with Gasteiger partial charge in [0.15, 0.2) is 5.82 Å². The molecule has 0 radical (unpaired) electrons. The monoisotopic (exact) mass is 619 g/mol. The van der Waals surface area contributed by atoms with Gasteiger partial charge in [0, 0.05) is 23.1 Å². The third-order valence-corrected chi connectivity index (χ3v) is 8.95. The highest BCUT2D eigenvalue weighted by atomic mass is 35.5. The predicted molar refractivity (Wildman–Crippen MR) is 145 cm³/mol. The van der Waals surface area contributed by atoms with E-state index in [2.05, 4.69) is 15.3 Å². The number of benzene rings is 2. The SMILES string of the molecule is O=C(Nc1nc(N2CCCCC2)ncc1S(=O)(=O)c1ccc(Cl)cc1)N(c1ccc(Cl)cc1Cl)S(=O)(=O)O. The van der Waals surface area contributed by atoms with Gasteiger partial charge in [-0.3, -0.25) is 9.87 Å². The van der Waals surface area contributed by atoms with Crippen molar-refractivity contribution in [2.45, 2.75) is 29.1 Å². The Morgan fingerprint density at radius 2 is 1.58 bits per heavy atom. The van der Waals surface area contributed by atoms with E-state index in [-0.39, 0.29) is 25.2 Å². The molecule has 0 unspecified atom stereocenters. The molecule has 4 rings (SSSR count). The van der Waals surface area contributed by atoms with Crippen molar-refractivity contribution in [3.63, 3.8) is 0 Å². The van der Waals surface area contributed by atoms with Crippen molar-refractivity contribution in [1.29, 1.82) is 0 Å². The quantitative estimate of drug-likeness (QED) is 0.359. The van der Waals surface area contributed by atoms with E-state index in [9.17, 15) is 26.2 Å². The number of piperidine rings is 1. The van der Waals surface area contributed by atoms with Gasteiger partial charge in [0.2, 0.25) is 15.8 Å². The molecule has 1 aliphatic heterocycles. The van der Waals surface area contributed by atoms with Crippen molar-refractivity contribution in [1.82, 2.24) is 9.97 Å². The molecule has 0 bridgehead atoms. The minimum absolute atomic E-state index is 0.0347. The van der Waals surface area contributed by atoms with Crippen LogP contribution in [-0.4, -0.2) is 50.5 Å². The molecule has 0 aliphatic carbocycles. The van der Waals surface area contributed by atoms with Gasteiger partial charge in [0.05, 0.1) is 21.8 Å². The Morgan fingerprint density at radius 1 is 0.947 bits per heavy atom. The topological polar surface area (TPSA) is 150 Å². The maximum Gasteiger partial charge on any atom is 0.368 e. The molecule has 0 saturated carbocycles. The smallest absolute Gasteiger partial charge is 0.341 e. The Balaban J connectivity index is 1.81. The summed E-state index contributed by atoms with van der Waals surface area (Å²) in [5.74, 6) is -0.364. The van der Waals surface area contributed by atoms with Crippen LogP contribution in [0.2, 0.25) is 15.1 Å². The van der Waals surface area contributed by atoms with Crippen LogP contribution in [0.1, 0.15) is 19.3 Å². The number of nitrogens with one attached hydrogen (secondary N) is 1. The summed E-state index contributed by atoms with van der Waals surface area (Å²) < 4.78 is 61.1. The lowest BCUT2D eigenvalue weighted by atomic mass is 10.1. The van der Waals surface area contributed by atoms with Crippen molar-refractivity contribution in [2.24, 2.45) is 0 Å². The van der Waals surface area contributed by atoms with E-state index in [4.69, 9.17) is 34.8 Å². The highest BCUT2D eigenvalue weighted by Gasteiger charge is 2.33. The maximum absolute atomic E-state index is 13.5. The molecule has 1 aromatic heterocycles. The highest BCUT2D eigenvalue weighted by molar-refractivity contribution is 7.91. The van der Waals surface area contributed by atoms with Gasteiger partial charge in [-0.05, 0) is 61.7 Å². The van der Waals surface area contributed by atoms with Gasteiger partial charge in [0.25, 0.3) is 0 Å². The second-order valence-corrected chi connectivity index (χ2v) is 12.6. The lowest BCUT2D eigenvalue weighted by Crippen LogP contribution is -2.40. The second kappa shape index (κ2) is 11.2. The number of aromatic nitrogens is 2. The highest BCUT2D eigenvalue weighted by Crippen LogP contribution is 2.33. The van der Waals surface area contributed by atoms with Crippen molar-refractivity contribution in [2.75, 3.05) is 27.6 Å².